The van der Waals surface area contributed by atoms with Gasteiger partial charge in [0, 0.05) is 22.4 Å². The van der Waals surface area contributed by atoms with Crippen LogP contribution >= 0.6 is 0 Å². The lowest BCUT2D eigenvalue weighted by molar-refractivity contribution is -0.138. The molecule has 0 fully saturated rings. The molecule has 6 heteroatoms. The van der Waals surface area contributed by atoms with Crippen molar-refractivity contribution in [2.75, 3.05) is 0 Å². The Labute approximate surface area is 157 Å². The minimum atomic E-state index is -1.16. The smallest absolute Gasteiger partial charge is 0.313 e. The van der Waals surface area contributed by atoms with Crippen LogP contribution in [0.5, 0.6) is 0 Å². The van der Waals surface area contributed by atoms with Gasteiger partial charge in [0.05, 0.1) is 11.2 Å². The van der Waals surface area contributed by atoms with Gasteiger partial charge in [-0.2, -0.15) is 0 Å². The molecule has 1 heterocycles. The highest BCUT2D eigenvalue weighted by atomic mass is 16.4. The van der Waals surface area contributed by atoms with E-state index in [9.17, 15) is 9.90 Å². The van der Waals surface area contributed by atoms with Crippen molar-refractivity contribution in [2.45, 2.75) is 39.7 Å². The Kier molecular flexibility index (Phi) is 4.93. The molecule has 3 rings (SSSR count). The van der Waals surface area contributed by atoms with Crippen molar-refractivity contribution in [1.29, 1.82) is 0 Å². The first kappa shape index (κ1) is 18.5. The van der Waals surface area contributed by atoms with Gasteiger partial charge in [0.25, 0.3) is 0 Å². The molecule has 0 bridgehead atoms. The molecule has 1 aromatic heterocycles. The molecule has 0 amide bonds. The molecule has 3 aromatic rings. The first-order chi connectivity index (χ1) is 12.8. The van der Waals surface area contributed by atoms with E-state index in [0.717, 1.165) is 33.3 Å². The third kappa shape index (κ3) is 3.27. The molecule has 2 atom stereocenters. The monoisotopic (exact) mass is 362 g/mol. The van der Waals surface area contributed by atoms with E-state index < -0.39 is 17.9 Å². The van der Waals surface area contributed by atoms with Crippen LogP contribution < -0.4 is 0 Å². The van der Waals surface area contributed by atoms with Crippen LogP contribution in [-0.4, -0.2) is 21.7 Å². The Morgan fingerprint density at radius 3 is 2.41 bits per heavy atom. The highest BCUT2D eigenvalue weighted by molar-refractivity contribution is 5.88. The van der Waals surface area contributed by atoms with Gasteiger partial charge in [-0.25, -0.2) is 0 Å². The maximum atomic E-state index is 11.6. The SMILES string of the molecule is Cc1cc(C)c(-n2cc([C@H](C)[C@H](N=[N+]=[N-])C(=O)O)c3ccccc32)c(C)c1. The number of hydrogen-bond acceptors (Lipinski definition) is 2. The van der Waals surface area contributed by atoms with Crippen LogP contribution in [-0.2, 0) is 4.79 Å². The number of hydrogen-bond donors (Lipinski definition) is 1. The summed E-state index contributed by atoms with van der Waals surface area (Å²) in [4.78, 5) is 14.3. The highest BCUT2D eigenvalue weighted by Crippen LogP contribution is 2.34. The largest absolute Gasteiger partial charge is 0.481 e. The first-order valence-corrected chi connectivity index (χ1v) is 8.80. The molecule has 6 nitrogen and oxygen atoms in total. The predicted molar refractivity (Wildman–Crippen MR) is 106 cm³/mol. The average Bonchev–Trinajstić information content (AvgIpc) is 2.97. The Hall–Kier alpha value is -3.24. The number of carboxylic acid groups (broad SMARTS) is 1. The van der Waals surface area contributed by atoms with Crippen LogP contribution in [0.1, 0.15) is 35.1 Å². The normalized spacial score (nSPS) is 13.2. The van der Waals surface area contributed by atoms with Crippen molar-refractivity contribution in [3.63, 3.8) is 0 Å². The van der Waals surface area contributed by atoms with Gasteiger partial charge in [0.15, 0.2) is 0 Å². The van der Waals surface area contributed by atoms with Crippen LogP contribution in [0.25, 0.3) is 27.0 Å². The van der Waals surface area contributed by atoms with Crippen molar-refractivity contribution < 1.29 is 9.90 Å². The summed E-state index contributed by atoms with van der Waals surface area (Å²) in [6.45, 7) is 8.01. The summed E-state index contributed by atoms with van der Waals surface area (Å²) in [5.74, 6) is -1.59. The van der Waals surface area contributed by atoms with Gasteiger partial charge in [-0.05, 0) is 49.1 Å². The van der Waals surface area contributed by atoms with Crippen molar-refractivity contribution in [1.82, 2.24) is 4.57 Å². The second kappa shape index (κ2) is 7.17. The standard InChI is InChI=1S/C21H22N4O2/c1-12-9-13(2)20(14(3)10-12)25-11-17(16-7-5-6-8-18(16)25)15(4)19(21(26)27)23-24-22/h5-11,15,19H,1-4H3,(H,26,27)/t15-,19-/m0/s1. The highest BCUT2D eigenvalue weighted by Gasteiger charge is 2.28. The van der Waals surface area contributed by atoms with Gasteiger partial charge in [-0.3, -0.25) is 4.79 Å². The maximum Gasteiger partial charge on any atom is 0.313 e. The lowest BCUT2D eigenvalue weighted by Gasteiger charge is -2.15. The fourth-order valence-corrected chi connectivity index (χ4v) is 3.90. The van der Waals surface area contributed by atoms with Gasteiger partial charge in [-0.15, -0.1) is 0 Å². The molecular formula is C21H22N4O2. The maximum absolute atomic E-state index is 11.6. The molecule has 0 aliphatic heterocycles. The topological polar surface area (TPSA) is 91.0 Å². The molecule has 0 unspecified atom stereocenters. The Balaban J connectivity index is 2.27. The van der Waals surface area contributed by atoms with Crippen LogP contribution in [0.15, 0.2) is 47.7 Å². The molecule has 1 N–H and O–H groups in total. The van der Waals surface area contributed by atoms with E-state index in [1.807, 2.05) is 30.5 Å². The third-order valence-electron chi connectivity index (χ3n) is 5.01. The molecule has 138 valence electrons. The van der Waals surface area contributed by atoms with Gasteiger partial charge in [0.2, 0.25) is 0 Å². The second-order valence-electron chi connectivity index (χ2n) is 7.00. The van der Waals surface area contributed by atoms with E-state index in [1.54, 1.807) is 6.92 Å². The van der Waals surface area contributed by atoms with E-state index in [1.165, 1.54) is 5.56 Å². The summed E-state index contributed by atoms with van der Waals surface area (Å²) < 4.78 is 2.11. The quantitative estimate of drug-likeness (QED) is 0.373. The van der Waals surface area contributed by atoms with Crippen LogP contribution in [0.2, 0.25) is 0 Å². The van der Waals surface area contributed by atoms with Gasteiger partial charge >= 0.3 is 5.97 Å². The van der Waals surface area contributed by atoms with Crippen molar-refractivity contribution in [3.05, 3.63) is 75.3 Å². The summed E-state index contributed by atoms with van der Waals surface area (Å²) in [7, 11) is 0. The van der Waals surface area contributed by atoms with Crippen LogP contribution in [0, 0.1) is 20.8 Å². The summed E-state index contributed by atoms with van der Waals surface area (Å²) >= 11 is 0. The number of fused-ring (bicyclic) bond motifs is 1. The minimum Gasteiger partial charge on any atom is -0.481 e. The van der Waals surface area contributed by atoms with E-state index in [-0.39, 0.29) is 0 Å². The molecular weight excluding hydrogens is 340 g/mol. The molecule has 0 aliphatic rings. The van der Waals surface area contributed by atoms with Crippen molar-refractivity contribution >= 4 is 16.9 Å². The summed E-state index contributed by atoms with van der Waals surface area (Å²) in [6.07, 6.45) is 1.98. The lowest BCUT2D eigenvalue weighted by atomic mass is 9.93. The first-order valence-electron chi connectivity index (χ1n) is 8.80. The average molecular weight is 362 g/mol. The van der Waals surface area contributed by atoms with Crippen molar-refractivity contribution in [3.8, 4) is 5.69 Å². The number of aromatic nitrogens is 1. The number of aryl methyl sites for hydroxylation is 3. The molecule has 0 radical (unpaired) electrons. The minimum absolute atomic E-state index is 0.462. The zero-order valence-corrected chi connectivity index (χ0v) is 15.8. The summed E-state index contributed by atoms with van der Waals surface area (Å²) in [5, 5.41) is 13.9. The van der Waals surface area contributed by atoms with E-state index in [2.05, 4.69) is 47.5 Å². The second-order valence-corrected chi connectivity index (χ2v) is 7.00. The molecule has 0 saturated carbocycles. The molecule has 0 saturated heterocycles. The number of azide groups is 1. The Bertz CT molecular complexity index is 1050. The van der Waals surface area contributed by atoms with Gasteiger partial charge in [-0.1, -0.05) is 47.9 Å². The number of para-hydroxylation sites is 1. The lowest BCUT2D eigenvalue weighted by Crippen LogP contribution is -2.23. The number of benzene rings is 2. The van der Waals surface area contributed by atoms with Crippen LogP contribution in [0.4, 0.5) is 0 Å². The van der Waals surface area contributed by atoms with Crippen molar-refractivity contribution in [2.24, 2.45) is 5.11 Å². The number of nitrogens with zero attached hydrogens (tertiary/aromatic N) is 4. The third-order valence-corrected chi connectivity index (χ3v) is 5.01. The summed E-state index contributed by atoms with van der Waals surface area (Å²) in [6, 6.07) is 11.0. The van der Waals surface area contributed by atoms with Gasteiger partial charge in [0.1, 0.15) is 6.04 Å². The fraction of sp³-hybridized carbons (Fsp3) is 0.286. The van der Waals surface area contributed by atoms with E-state index >= 15 is 0 Å². The zero-order valence-electron chi connectivity index (χ0n) is 15.8. The number of carbonyl (C=O) groups is 1. The van der Waals surface area contributed by atoms with E-state index in [0.29, 0.717) is 0 Å². The predicted octanol–water partition coefficient (Wildman–Crippen LogP) is 5.42. The van der Waals surface area contributed by atoms with E-state index in [4.69, 9.17) is 5.53 Å². The molecule has 0 aliphatic carbocycles. The number of aliphatic carboxylic acids is 1. The fourth-order valence-electron chi connectivity index (χ4n) is 3.90. The molecule has 27 heavy (non-hydrogen) atoms. The zero-order chi connectivity index (χ0) is 19.7. The van der Waals surface area contributed by atoms with Crippen LogP contribution in [0.3, 0.4) is 0 Å². The Morgan fingerprint density at radius 2 is 1.81 bits per heavy atom. The summed E-state index contributed by atoms with van der Waals surface area (Å²) in [5.41, 5.74) is 15.2. The molecule has 0 spiro atoms. The Morgan fingerprint density at radius 1 is 1.19 bits per heavy atom. The number of rotatable bonds is 5. The van der Waals surface area contributed by atoms with Gasteiger partial charge < -0.3 is 9.67 Å². The molecule has 2 aromatic carbocycles. The number of carboxylic acids is 1.